The first-order valence-electron chi connectivity index (χ1n) is 9.72. The maximum absolute atomic E-state index is 12.6. The van der Waals surface area contributed by atoms with Gasteiger partial charge in [-0.2, -0.15) is 13.5 Å². The monoisotopic (exact) mass is 459 g/mol. The molecular formula is C22H25N3O6S. The Labute approximate surface area is 187 Å². The van der Waals surface area contributed by atoms with Gasteiger partial charge in [0.25, 0.3) is 16.0 Å². The van der Waals surface area contributed by atoms with Crippen molar-refractivity contribution >= 4 is 16.0 Å². The van der Waals surface area contributed by atoms with Gasteiger partial charge in [-0.1, -0.05) is 24.3 Å². The quantitative estimate of drug-likeness (QED) is 0.358. The Morgan fingerprint density at radius 3 is 2.28 bits per heavy atom. The Balaban J connectivity index is 1.94. The zero-order valence-electron chi connectivity index (χ0n) is 18.3. The number of carbonyl (C=O) groups excluding carboxylic acids is 1. The van der Waals surface area contributed by atoms with E-state index < -0.39 is 10.1 Å². The molecule has 9 nitrogen and oxygen atoms in total. The number of carbonyl (C=O) groups is 1. The first-order valence-corrected chi connectivity index (χ1v) is 11.5. The predicted octanol–water partition coefficient (Wildman–Crippen LogP) is 2.70. The summed E-state index contributed by atoms with van der Waals surface area (Å²) in [5.41, 5.74) is 3.45. The number of aromatic nitrogens is 2. The predicted molar refractivity (Wildman–Crippen MR) is 119 cm³/mol. The third kappa shape index (κ3) is 5.72. The molecule has 0 saturated heterocycles. The molecule has 1 amide bonds. The maximum Gasteiger partial charge on any atom is 0.297 e. The van der Waals surface area contributed by atoms with Crippen LogP contribution in [0, 0.1) is 0 Å². The number of ether oxygens (including phenoxy) is 1. The number of methoxy groups -OCH3 is 1. The van der Waals surface area contributed by atoms with Gasteiger partial charge in [0.05, 0.1) is 38.5 Å². The number of amides is 1. The van der Waals surface area contributed by atoms with Crippen molar-refractivity contribution in [2.24, 2.45) is 0 Å². The normalized spacial score (nSPS) is 11.4. The smallest absolute Gasteiger partial charge is 0.297 e. The molecule has 0 bridgehead atoms. The van der Waals surface area contributed by atoms with Crippen LogP contribution in [0.15, 0.2) is 54.6 Å². The molecule has 0 radical (unpaired) electrons. The summed E-state index contributed by atoms with van der Waals surface area (Å²) in [4.78, 5) is 17.6. The van der Waals surface area contributed by atoms with Crippen molar-refractivity contribution in [3.63, 3.8) is 0 Å². The summed E-state index contributed by atoms with van der Waals surface area (Å²) in [5.74, 6) is 0.328. The summed E-state index contributed by atoms with van der Waals surface area (Å²) in [6.45, 7) is 0.0734. The van der Waals surface area contributed by atoms with Crippen molar-refractivity contribution in [3.8, 4) is 22.7 Å². The molecule has 0 saturated carbocycles. The van der Waals surface area contributed by atoms with Gasteiger partial charge in [0, 0.05) is 12.6 Å². The highest BCUT2D eigenvalue weighted by Gasteiger charge is 2.20. The van der Waals surface area contributed by atoms with E-state index in [1.165, 1.54) is 14.2 Å². The molecule has 0 spiro atoms. The molecule has 170 valence electrons. The van der Waals surface area contributed by atoms with Gasteiger partial charge in [0.2, 0.25) is 0 Å². The van der Waals surface area contributed by atoms with E-state index in [1.807, 2.05) is 48.5 Å². The highest BCUT2D eigenvalue weighted by Crippen LogP contribution is 2.26. The van der Waals surface area contributed by atoms with Crippen LogP contribution < -0.4 is 4.74 Å². The van der Waals surface area contributed by atoms with Gasteiger partial charge in [0.15, 0.2) is 5.69 Å². The minimum atomic E-state index is -3.47. The minimum Gasteiger partial charge on any atom is -0.497 e. The molecule has 3 aromatic rings. The largest absolute Gasteiger partial charge is 0.497 e. The van der Waals surface area contributed by atoms with E-state index in [0.717, 1.165) is 28.1 Å². The number of nitrogens with zero attached hydrogens (tertiary/aromatic N) is 3. The van der Waals surface area contributed by atoms with E-state index in [2.05, 4.69) is 5.10 Å². The van der Waals surface area contributed by atoms with Gasteiger partial charge < -0.3 is 4.74 Å². The van der Waals surface area contributed by atoms with E-state index in [4.69, 9.17) is 13.8 Å². The topological polar surface area (TPSA) is 100.0 Å². The van der Waals surface area contributed by atoms with Crippen molar-refractivity contribution < 1.29 is 27.0 Å². The van der Waals surface area contributed by atoms with Crippen molar-refractivity contribution in [1.29, 1.82) is 0 Å². The number of hydrogen-bond acceptors (Lipinski definition) is 7. The van der Waals surface area contributed by atoms with Crippen LogP contribution in [0.25, 0.3) is 16.9 Å². The molecule has 0 atom stereocenters. The second kappa shape index (κ2) is 9.94. The molecule has 10 heteroatoms. The third-order valence-corrected chi connectivity index (χ3v) is 5.34. The molecule has 0 aliphatic rings. The van der Waals surface area contributed by atoms with Crippen LogP contribution >= 0.6 is 0 Å². The van der Waals surface area contributed by atoms with E-state index in [1.54, 1.807) is 17.9 Å². The Morgan fingerprint density at radius 2 is 1.72 bits per heavy atom. The van der Waals surface area contributed by atoms with E-state index >= 15 is 0 Å². The zero-order chi connectivity index (χ0) is 23.3. The molecule has 3 rings (SSSR count). The lowest BCUT2D eigenvalue weighted by Gasteiger charge is -2.11. The first kappa shape index (κ1) is 23.5. The first-order chi connectivity index (χ1) is 15.2. The van der Waals surface area contributed by atoms with Gasteiger partial charge in [-0.25, -0.2) is 9.75 Å². The fraction of sp³-hybridized carbons (Fsp3) is 0.273. The molecule has 0 N–H and O–H groups in total. The van der Waals surface area contributed by atoms with Crippen molar-refractivity contribution in [3.05, 3.63) is 65.9 Å². The third-order valence-electron chi connectivity index (χ3n) is 4.74. The average molecular weight is 460 g/mol. The molecule has 0 aliphatic heterocycles. The van der Waals surface area contributed by atoms with Crippen LogP contribution in [0.5, 0.6) is 5.75 Å². The molecule has 1 heterocycles. The average Bonchev–Trinajstić information content (AvgIpc) is 3.23. The number of hydroxylamine groups is 2. The fourth-order valence-corrected chi connectivity index (χ4v) is 3.39. The van der Waals surface area contributed by atoms with E-state index in [0.29, 0.717) is 17.9 Å². The highest BCUT2D eigenvalue weighted by atomic mass is 32.2. The second-order valence-electron chi connectivity index (χ2n) is 6.98. The Bertz CT molecular complexity index is 1170. The molecule has 0 unspecified atom stereocenters. The van der Waals surface area contributed by atoms with Crippen LogP contribution in [0.1, 0.15) is 16.1 Å². The summed E-state index contributed by atoms with van der Waals surface area (Å²) in [6.07, 6.45) is 1.48. The van der Waals surface area contributed by atoms with Crippen LogP contribution in [0.3, 0.4) is 0 Å². The highest BCUT2D eigenvalue weighted by molar-refractivity contribution is 7.85. The molecule has 2 aromatic carbocycles. The summed E-state index contributed by atoms with van der Waals surface area (Å²) in [6, 6.07) is 16.6. The molecule has 0 fully saturated rings. The summed E-state index contributed by atoms with van der Waals surface area (Å²) in [5, 5.41) is 5.60. The van der Waals surface area contributed by atoms with Crippen LogP contribution in [-0.2, 0) is 25.6 Å². The van der Waals surface area contributed by atoms with E-state index in [9.17, 15) is 13.2 Å². The summed E-state index contributed by atoms with van der Waals surface area (Å²) >= 11 is 0. The van der Waals surface area contributed by atoms with E-state index in [-0.39, 0.29) is 18.2 Å². The molecular weight excluding hydrogens is 434 g/mol. The lowest BCUT2D eigenvalue weighted by atomic mass is 10.1. The van der Waals surface area contributed by atoms with Crippen LogP contribution in [0.2, 0.25) is 0 Å². The summed E-state index contributed by atoms with van der Waals surface area (Å²) in [7, 11) is 1.05. The van der Waals surface area contributed by atoms with Crippen LogP contribution in [0.4, 0.5) is 0 Å². The second-order valence-corrected chi connectivity index (χ2v) is 8.63. The SMILES string of the molecule is COc1ccc(-n2nc(C(=O)N(C)OC)cc2-c2ccc(CCOS(C)(=O)=O)cc2)cc1. The van der Waals surface area contributed by atoms with Crippen molar-refractivity contribution in [2.75, 3.05) is 34.1 Å². The standard InChI is InChI=1S/C22H25N3O6S/c1-24(30-3)22(26)20-15-21(25(23-20)18-9-11-19(29-2)12-10-18)17-7-5-16(6-8-17)13-14-31-32(4,27)28/h5-12,15H,13-14H2,1-4H3. The number of benzene rings is 2. The van der Waals surface area contributed by atoms with Gasteiger partial charge in [-0.15, -0.1) is 0 Å². The Hall–Kier alpha value is -3.21. The minimum absolute atomic E-state index is 0.0734. The van der Waals surface area contributed by atoms with Gasteiger partial charge >= 0.3 is 0 Å². The van der Waals surface area contributed by atoms with Gasteiger partial charge in [0.1, 0.15) is 5.75 Å². The summed E-state index contributed by atoms with van der Waals surface area (Å²) < 4.78 is 33.9. The van der Waals surface area contributed by atoms with Crippen molar-refractivity contribution in [2.45, 2.75) is 6.42 Å². The maximum atomic E-state index is 12.6. The van der Waals surface area contributed by atoms with Crippen molar-refractivity contribution in [1.82, 2.24) is 14.8 Å². The zero-order valence-corrected chi connectivity index (χ0v) is 19.1. The Morgan fingerprint density at radius 1 is 1.06 bits per heavy atom. The molecule has 0 aliphatic carbocycles. The lowest BCUT2D eigenvalue weighted by Crippen LogP contribution is -2.25. The fourth-order valence-electron chi connectivity index (χ4n) is 3.01. The molecule has 32 heavy (non-hydrogen) atoms. The lowest BCUT2D eigenvalue weighted by molar-refractivity contribution is -0.0760. The number of rotatable bonds is 9. The number of hydrogen-bond donors (Lipinski definition) is 0. The van der Waals surface area contributed by atoms with Crippen LogP contribution in [-0.4, -0.2) is 63.3 Å². The van der Waals surface area contributed by atoms with Gasteiger partial charge in [-0.05, 0) is 42.3 Å². The van der Waals surface area contributed by atoms with Gasteiger partial charge in [-0.3, -0.25) is 13.8 Å². The Kier molecular flexibility index (Phi) is 7.29. The molecule has 1 aromatic heterocycles.